The lowest BCUT2D eigenvalue weighted by Crippen LogP contribution is -2.17. The Morgan fingerprint density at radius 1 is 0.893 bits per heavy atom. The van der Waals surface area contributed by atoms with Gasteiger partial charge in [0.2, 0.25) is 0 Å². The first-order valence-corrected chi connectivity index (χ1v) is 9.80. The summed E-state index contributed by atoms with van der Waals surface area (Å²) in [6.45, 7) is 0. The lowest BCUT2D eigenvalue weighted by Gasteiger charge is -2.25. The number of rotatable bonds is 5. The van der Waals surface area contributed by atoms with Crippen molar-refractivity contribution in [3.8, 4) is 0 Å². The number of carbonyl (C=O) groups is 1. The summed E-state index contributed by atoms with van der Waals surface area (Å²) in [5, 5.41) is 11.8. The van der Waals surface area contributed by atoms with E-state index in [1.54, 1.807) is 12.1 Å². The summed E-state index contributed by atoms with van der Waals surface area (Å²) in [7, 11) is 0. The molecular weight excluding hydrogens is 368 g/mol. The third kappa shape index (κ3) is 3.80. The van der Waals surface area contributed by atoms with Gasteiger partial charge in [-0.15, -0.1) is 0 Å². The Morgan fingerprint density at radius 3 is 2.14 bits per heavy atom. The second-order valence-electron chi connectivity index (χ2n) is 7.19. The van der Waals surface area contributed by atoms with Gasteiger partial charge in [0.15, 0.2) is 5.78 Å². The van der Waals surface area contributed by atoms with E-state index in [1.165, 1.54) is 0 Å². The van der Waals surface area contributed by atoms with E-state index >= 15 is 0 Å². The lowest BCUT2D eigenvalue weighted by atomic mass is 9.82. The van der Waals surface area contributed by atoms with Gasteiger partial charge in [0.1, 0.15) is 0 Å². The van der Waals surface area contributed by atoms with Crippen molar-refractivity contribution in [2.24, 2.45) is 5.92 Å². The van der Waals surface area contributed by atoms with Gasteiger partial charge in [0, 0.05) is 22.4 Å². The van der Waals surface area contributed by atoms with Gasteiger partial charge < -0.3 is 5.11 Å². The Labute approximate surface area is 170 Å². The summed E-state index contributed by atoms with van der Waals surface area (Å²) in [5.74, 6) is -0.0897. The Hall–Kier alpha value is -2.68. The van der Waals surface area contributed by atoms with E-state index in [1.807, 2.05) is 66.7 Å². The van der Waals surface area contributed by atoms with Gasteiger partial charge in [0.05, 0.1) is 6.10 Å². The lowest BCUT2D eigenvalue weighted by molar-refractivity contribution is 0.0977. The van der Waals surface area contributed by atoms with Crippen LogP contribution in [-0.2, 0) is 0 Å². The zero-order chi connectivity index (χ0) is 19.5. The number of hydrogen-bond acceptors (Lipinski definition) is 2. The second kappa shape index (κ2) is 8.14. The van der Waals surface area contributed by atoms with E-state index in [9.17, 15) is 9.90 Å². The third-order valence-electron chi connectivity index (χ3n) is 5.43. The van der Waals surface area contributed by atoms with Crippen molar-refractivity contribution in [1.29, 1.82) is 0 Å². The fraction of sp³-hybridized carbons (Fsp3) is 0.160. The van der Waals surface area contributed by atoms with Gasteiger partial charge in [0.25, 0.3) is 0 Å². The van der Waals surface area contributed by atoms with Gasteiger partial charge in [-0.3, -0.25) is 4.79 Å². The van der Waals surface area contributed by atoms with E-state index in [2.05, 4.69) is 12.1 Å². The summed E-state index contributed by atoms with van der Waals surface area (Å²) in [6, 6.07) is 26.7. The van der Waals surface area contributed by atoms with Gasteiger partial charge in [-0.1, -0.05) is 90.5 Å². The number of Topliss-reactive ketones (excluding diaryl/α,β-unsaturated/α-hetero) is 1. The maximum absolute atomic E-state index is 13.0. The summed E-state index contributed by atoms with van der Waals surface area (Å²) in [4.78, 5) is 13.0. The zero-order valence-electron chi connectivity index (χ0n) is 15.3. The van der Waals surface area contributed by atoms with Crippen LogP contribution < -0.4 is 0 Å². The number of benzene rings is 3. The summed E-state index contributed by atoms with van der Waals surface area (Å²) in [5.41, 5.74) is 3.37. The molecule has 3 aromatic rings. The number of carbonyl (C=O) groups excluding carboxylic acids is 1. The molecule has 1 aliphatic rings. The van der Waals surface area contributed by atoms with E-state index < -0.39 is 6.10 Å². The Bertz CT molecular complexity index is 978. The van der Waals surface area contributed by atoms with Crippen molar-refractivity contribution in [3.05, 3.63) is 118 Å². The average molecular weight is 389 g/mol. The summed E-state index contributed by atoms with van der Waals surface area (Å²) in [6.07, 6.45) is 1.89. The molecule has 3 heteroatoms. The van der Waals surface area contributed by atoms with Crippen LogP contribution in [-0.4, -0.2) is 10.9 Å². The minimum Gasteiger partial charge on any atom is -0.388 e. The molecule has 28 heavy (non-hydrogen) atoms. The number of aliphatic hydroxyl groups is 1. The molecule has 0 unspecified atom stereocenters. The van der Waals surface area contributed by atoms with Crippen LogP contribution in [0, 0.1) is 5.92 Å². The van der Waals surface area contributed by atoms with E-state index in [0.29, 0.717) is 17.0 Å². The van der Waals surface area contributed by atoms with E-state index in [-0.39, 0.29) is 17.6 Å². The third-order valence-corrected chi connectivity index (χ3v) is 5.68. The van der Waals surface area contributed by atoms with Gasteiger partial charge >= 0.3 is 0 Å². The molecule has 0 spiro atoms. The maximum Gasteiger partial charge on any atom is 0.188 e. The summed E-state index contributed by atoms with van der Waals surface area (Å²) < 4.78 is 0. The predicted octanol–water partition coefficient (Wildman–Crippen LogP) is 5.99. The van der Waals surface area contributed by atoms with E-state index in [0.717, 1.165) is 16.7 Å². The molecule has 0 amide bonds. The largest absolute Gasteiger partial charge is 0.388 e. The number of ketones is 1. The van der Waals surface area contributed by atoms with Crippen molar-refractivity contribution in [2.75, 3.05) is 0 Å². The quantitative estimate of drug-likeness (QED) is 0.545. The second-order valence-corrected chi connectivity index (χ2v) is 7.62. The molecule has 0 heterocycles. The minimum atomic E-state index is -0.681. The van der Waals surface area contributed by atoms with Crippen molar-refractivity contribution < 1.29 is 9.90 Å². The topological polar surface area (TPSA) is 37.3 Å². The van der Waals surface area contributed by atoms with Crippen LogP contribution in [0.4, 0.5) is 0 Å². The highest BCUT2D eigenvalue weighted by Gasteiger charge is 2.36. The fourth-order valence-electron chi connectivity index (χ4n) is 3.97. The maximum atomic E-state index is 13.0. The molecule has 0 aliphatic heterocycles. The molecular formula is C25H21ClO2. The van der Waals surface area contributed by atoms with Crippen molar-refractivity contribution in [2.45, 2.75) is 18.4 Å². The molecule has 3 aromatic carbocycles. The highest BCUT2D eigenvalue weighted by molar-refractivity contribution is 6.30. The highest BCUT2D eigenvalue weighted by Crippen LogP contribution is 2.45. The molecule has 3 atom stereocenters. The molecule has 1 N–H and O–H groups in total. The molecule has 0 fully saturated rings. The first kappa shape index (κ1) is 18.7. The molecule has 0 saturated carbocycles. The van der Waals surface area contributed by atoms with Crippen LogP contribution in [0.1, 0.15) is 39.9 Å². The first-order valence-electron chi connectivity index (χ1n) is 9.42. The standard InChI is InChI=1S/C25H21ClO2/c26-21-13-11-19(12-14-21)25(28)23-16-20(24(27)18-9-5-2-6-10-18)15-22(23)17-7-3-1-4-8-17/h1-15,22-23,25,28H,16H2/t22-,23+,25-/m1/s1. The van der Waals surface area contributed by atoms with Crippen molar-refractivity contribution in [3.63, 3.8) is 0 Å². The number of hydrogen-bond donors (Lipinski definition) is 1. The molecule has 0 radical (unpaired) electrons. The molecule has 0 saturated heterocycles. The van der Waals surface area contributed by atoms with Gasteiger partial charge in [-0.05, 0) is 35.3 Å². The molecule has 4 rings (SSSR count). The normalized spacial score (nSPS) is 19.9. The number of allylic oxidation sites excluding steroid dienone is 2. The smallest absolute Gasteiger partial charge is 0.188 e. The molecule has 0 bridgehead atoms. The van der Waals surface area contributed by atoms with Crippen LogP contribution >= 0.6 is 11.6 Å². The highest BCUT2D eigenvalue weighted by atomic mass is 35.5. The minimum absolute atomic E-state index is 0.0189. The van der Waals surface area contributed by atoms with Gasteiger partial charge in [-0.2, -0.15) is 0 Å². The zero-order valence-corrected chi connectivity index (χ0v) is 16.1. The summed E-state index contributed by atoms with van der Waals surface area (Å²) >= 11 is 6.00. The molecule has 0 aromatic heterocycles. The van der Waals surface area contributed by atoms with Crippen LogP contribution in [0.15, 0.2) is 96.6 Å². The monoisotopic (exact) mass is 388 g/mol. The van der Waals surface area contributed by atoms with Crippen molar-refractivity contribution in [1.82, 2.24) is 0 Å². The molecule has 140 valence electrons. The fourth-order valence-corrected chi connectivity index (χ4v) is 4.09. The Balaban J connectivity index is 1.68. The average Bonchev–Trinajstić information content (AvgIpc) is 3.20. The Kier molecular flexibility index (Phi) is 5.43. The number of halogens is 1. The Morgan fingerprint density at radius 2 is 1.50 bits per heavy atom. The van der Waals surface area contributed by atoms with E-state index in [4.69, 9.17) is 11.6 Å². The van der Waals surface area contributed by atoms with Crippen LogP contribution in [0.5, 0.6) is 0 Å². The van der Waals surface area contributed by atoms with Crippen LogP contribution in [0.2, 0.25) is 5.02 Å². The van der Waals surface area contributed by atoms with Crippen molar-refractivity contribution >= 4 is 17.4 Å². The molecule has 1 aliphatic carbocycles. The predicted molar refractivity (Wildman–Crippen MR) is 113 cm³/mol. The number of aliphatic hydroxyl groups excluding tert-OH is 1. The van der Waals surface area contributed by atoms with Crippen LogP contribution in [0.3, 0.4) is 0 Å². The first-order chi connectivity index (χ1) is 13.6. The molecule has 2 nitrogen and oxygen atoms in total. The van der Waals surface area contributed by atoms with Crippen LogP contribution in [0.25, 0.3) is 0 Å². The SMILES string of the molecule is O=C(C1=C[C@H](c2ccccc2)[C@@H]([C@H](O)c2ccc(Cl)cc2)C1)c1ccccc1. The van der Waals surface area contributed by atoms with Gasteiger partial charge in [-0.25, -0.2) is 0 Å².